The Kier molecular flexibility index (Phi) is 5.00. The van der Waals surface area contributed by atoms with Gasteiger partial charge in [-0.05, 0) is 49.7 Å². The van der Waals surface area contributed by atoms with Crippen molar-refractivity contribution in [2.24, 2.45) is 0 Å². The van der Waals surface area contributed by atoms with E-state index < -0.39 is 32.8 Å². The molecule has 28 heavy (non-hydrogen) atoms. The molecule has 1 heterocycles. The van der Waals surface area contributed by atoms with Crippen LogP contribution in [0.1, 0.15) is 13.3 Å². The number of benzene rings is 2. The molecule has 1 fully saturated rings. The van der Waals surface area contributed by atoms with Gasteiger partial charge in [0.05, 0.1) is 5.69 Å². The van der Waals surface area contributed by atoms with Crippen LogP contribution in [-0.4, -0.2) is 32.0 Å². The fourth-order valence-corrected chi connectivity index (χ4v) is 4.76. The monoisotopic (exact) mass is 414 g/mol. The Balaban J connectivity index is 1.77. The second kappa shape index (κ2) is 7.01. The number of sulfonamides is 1. The molecule has 0 spiro atoms. The molecule has 1 aliphatic rings. The van der Waals surface area contributed by atoms with E-state index in [1.165, 1.54) is 23.4 Å². The number of ether oxygens (including phenoxy) is 1. The highest BCUT2D eigenvalue weighted by molar-refractivity contribution is 7.95. The summed E-state index contributed by atoms with van der Waals surface area (Å²) in [6.45, 7) is 1.48. The number of nitrogens with zero attached hydrogens (tertiary/aromatic N) is 1. The number of nitrogens with one attached hydrogen (secondary N) is 1. The minimum absolute atomic E-state index is 0.0747. The predicted molar refractivity (Wildman–Crippen MR) is 97.5 cm³/mol. The number of halogens is 3. The number of carbonyl (C=O) groups is 1. The zero-order valence-electron chi connectivity index (χ0n) is 14.7. The van der Waals surface area contributed by atoms with Crippen LogP contribution in [0, 0.1) is 0 Å². The van der Waals surface area contributed by atoms with E-state index in [9.17, 15) is 26.4 Å². The lowest BCUT2D eigenvalue weighted by molar-refractivity contribution is -0.274. The van der Waals surface area contributed by atoms with E-state index in [2.05, 4.69) is 10.1 Å². The number of rotatable bonds is 4. The van der Waals surface area contributed by atoms with Crippen LogP contribution in [0.25, 0.3) is 0 Å². The van der Waals surface area contributed by atoms with Crippen molar-refractivity contribution in [1.82, 2.24) is 0 Å². The third-order valence-corrected chi connectivity index (χ3v) is 7.02. The average molecular weight is 414 g/mol. The molecule has 10 heteroatoms. The Labute approximate surface area is 160 Å². The van der Waals surface area contributed by atoms with Crippen molar-refractivity contribution in [3.63, 3.8) is 0 Å². The summed E-state index contributed by atoms with van der Waals surface area (Å²) >= 11 is 0. The number of hydrogen-bond donors (Lipinski definition) is 1. The molecule has 1 amide bonds. The molecule has 1 atom stereocenters. The Bertz CT molecular complexity index is 963. The number of anilines is 2. The molecular formula is C18H17F3N2O4S. The van der Waals surface area contributed by atoms with Gasteiger partial charge in [-0.3, -0.25) is 9.10 Å². The summed E-state index contributed by atoms with van der Waals surface area (Å²) in [7, 11) is -3.98. The third kappa shape index (κ3) is 3.77. The number of hydrogen-bond acceptors (Lipinski definition) is 4. The van der Waals surface area contributed by atoms with Crippen LogP contribution in [0.3, 0.4) is 0 Å². The standard InChI is InChI=1S/C18H17F3N2O4S/c1-17(11-12-23(28(17,25)26)14-5-3-2-4-6-14)16(24)22-13-7-9-15(10-8-13)27-18(19,20)21/h2-10H,11-12H2,1H3,(H,22,24)/t17-/m0/s1. The molecule has 0 bridgehead atoms. The van der Waals surface area contributed by atoms with Gasteiger partial charge in [-0.25, -0.2) is 8.42 Å². The molecule has 0 unspecified atom stereocenters. The summed E-state index contributed by atoms with van der Waals surface area (Å²) in [5, 5.41) is 2.46. The number of alkyl halides is 3. The van der Waals surface area contributed by atoms with E-state index in [1.807, 2.05) is 0 Å². The maximum absolute atomic E-state index is 13.0. The molecule has 3 rings (SSSR count). The van der Waals surface area contributed by atoms with Crippen molar-refractivity contribution < 1.29 is 31.1 Å². The number of amides is 1. The Morgan fingerprint density at radius 1 is 1.11 bits per heavy atom. The molecule has 1 saturated heterocycles. The van der Waals surface area contributed by atoms with Crippen molar-refractivity contribution >= 4 is 27.3 Å². The van der Waals surface area contributed by atoms with E-state index in [4.69, 9.17) is 0 Å². The molecule has 0 saturated carbocycles. The summed E-state index contributed by atoms with van der Waals surface area (Å²) in [5.74, 6) is -1.20. The van der Waals surface area contributed by atoms with Crippen LogP contribution in [0.4, 0.5) is 24.5 Å². The molecule has 1 aliphatic heterocycles. The lowest BCUT2D eigenvalue weighted by atomic mass is 10.1. The highest BCUT2D eigenvalue weighted by Crippen LogP contribution is 2.37. The third-order valence-electron chi connectivity index (χ3n) is 4.52. The van der Waals surface area contributed by atoms with Crippen LogP contribution in [0.2, 0.25) is 0 Å². The summed E-state index contributed by atoms with van der Waals surface area (Å²) in [5.41, 5.74) is 0.627. The zero-order chi connectivity index (χ0) is 20.6. The topological polar surface area (TPSA) is 75.7 Å². The fourth-order valence-electron chi connectivity index (χ4n) is 2.90. The van der Waals surface area contributed by atoms with Crippen LogP contribution in [0.15, 0.2) is 54.6 Å². The van der Waals surface area contributed by atoms with Crippen LogP contribution < -0.4 is 14.4 Å². The minimum atomic E-state index is -4.82. The summed E-state index contributed by atoms with van der Waals surface area (Å²) in [6, 6.07) is 12.9. The van der Waals surface area contributed by atoms with Crippen LogP contribution >= 0.6 is 0 Å². The van der Waals surface area contributed by atoms with Gasteiger partial charge in [-0.1, -0.05) is 18.2 Å². The molecule has 0 radical (unpaired) electrons. The van der Waals surface area contributed by atoms with Crippen LogP contribution in [-0.2, 0) is 14.8 Å². The first-order valence-corrected chi connectivity index (χ1v) is 9.71. The molecule has 2 aromatic carbocycles. The van der Waals surface area contributed by atoms with Gasteiger partial charge in [0.15, 0.2) is 4.75 Å². The van der Waals surface area contributed by atoms with Gasteiger partial charge in [0.25, 0.3) is 0 Å². The van der Waals surface area contributed by atoms with Crippen molar-refractivity contribution in [2.45, 2.75) is 24.5 Å². The molecule has 0 aliphatic carbocycles. The zero-order valence-corrected chi connectivity index (χ0v) is 15.5. The molecule has 1 N–H and O–H groups in total. The largest absolute Gasteiger partial charge is 0.573 e. The summed E-state index contributed by atoms with van der Waals surface area (Å²) in [6.07, 6.45) is -4.75. The van der Waals surface area contributed by atoms with Gasteiger partial charge in [0.1, 0.15) is 5.75 Å². The molecule has 0 aromatic heterocycles. The van der Waals surface area contributed by atoms with Gasteiger partial charge >= 0.3 is 6.36 Å². The van der Waals surface area contributed by atoms with Gasteiger partial charge in [-0.15, -0.1) is 13.2 Å². The fraction of sp³-hybridized carbons (Fsp3) is 0.278. The smallest absolute Gasteiger partial charge is 0.406 e. The Morgan fingerprint density at radius 2 is 1.71 bits per heavy atom. The van der Waals surface area contributed by atoms with Crippen molar-refractivity contribution in [3.8, 4) is 5.75 Å². The normalized spacial score (nSPS) is 21.4. The first-order chi connectivity index (χ1) is 13.0. The number of carbonyl (C=O) groups excluding carboxylic acids is 1. The van der Waals surface area contributed by atoms with E-state index in [1.54, 1.807) is 30.3 Å². The lowest BCUT2D eigenvalue weighted by Gasteiger charge is -2.25. The highest BCUT2D eigenvalue weighted by atomic mass is 32.2. The summed E-state index contributed by atoms with van der Waals surface area (Å²) < 4.78 is 65.8. The van der Waals surface area contributed by atoms with Gasteiger partial charge in [0.2, 0.25) is 15.9 Å². The second-order valence-corrected chi connectivity index (χ2v) is 8.71. The maximum atomic E-state index is 13.0. The van der Waals surface area contributed by atoms with Crippen molar-refractivity contribution in [1.29, 1.82) is 0 Å². The lowest BCUT2D eigenvalue weighted by Crippen LogP contribution is -2.47. The van der Waals surface area contributed by atoms with E-state index in [0.29, 0.717) is 5.69 Å². The SMILES string of the molecule is C[C@@]1(C(=O)Nc2ccc(OC(F)(F)F)cc2)CCN(c2ccccc2)S1(=O)=O. The summed E-state index contributed by atoms with van der Waals surface area (Å²) in [4.78, 5) is 12.7. The molecule has 6 nitrogen and oxygen atoms in total. The average Bonchev–Trinajstić information content (AvgIpc) is 2.87. The predicted octanol–water partition coefficient (Wildman–Crippen LogP) is 3.52. The molecule has 150 valence electrons. The minimum Gasteiger partial charge on any atom is -0.406 e. The van der Waals surface area contributed by atoms with E-state index >= 15 is 0 Å². The van der Waals surface area contributed by atoms with Gasteiger partial charge < -0.3 is 10.1 Å². The van der Waals surface area contributed by atoms with Crippen LogP contribution in [0.5, 0.6) is 5.75 Å². The molecule has 2 aromatic rings. The maximum Gasteiger partial charge on any atom is 0.573 e. The first-order valence-electron chi connectivity index (χ1n) is 8.27. The van der Waals surface area contributed by atoms with Crippen molar-refractivity contribution in [2.75, 3.05) is 16.2 Å². The number of para-hydroxylation sites is 1. The second-order valence-electron chi connectivity index (χ2n) is 6.42. The Hall–Kier alpha value is -2.75. The van der Waals surface area contributed by atoms with Gasteiger partial charge in [0, 0.05) is 12.2 Å². The first kappa shape index (κ1) is 20.0. The van der Waals surface area contributed by atoms with E-state index in [0.717, 1.165) is 12.1 Å². The Morgan fingerprint density at radius 3 is 2.29 bits per heavy atom. The van der Waals surface area contributed by atoms with E-state index in [-0.39, 0.29) is 18.7 Å². The quantitative estimate of drug-likeness (QED) is 0.831. The van der Waals surface area contributed by atoms with Gasteiger partial charge in [-0.2, -0.15) is 0 Å². The highest BCUT2D eigenvalue weighted by Gasteiger charge is 2.54. The molecular weight excluding hydrogens is 397 g/mol. The van der Waals surface area contributed by atoms with Crippen molar-refractivity contribution in [3.05, 3.63) is 54.6 Å².